The van der Waals surface area contributed by atoms with Crippen molar-refractivity contribution in [1.29, 1.82) is 0 Å². The number of hydrogen-bond acceptors (Lipinski definition) is 4. The predicted octanol–water partition coefficient (Wildman–Crippen LogP) is 3.20. The second-order valence-corrected chi connectivity index (χ2v) is 6.15. The third-order valence-electron chi connectivity index (χ3n) is 4.82. The summed E-state index contributed by atoms with van der Waals surface area (Å²) in [7, 11) is 3.90. The Labute approximate surface area is 136 Å². The molecular formula is C19H21NO3. The maximum Gasteiger partial charge on any atom is 0.231 e. The monoisotopic (exact) mass is 311 g/mol. The van der Waals surface area contributed by atoms with Crippen LogP contribution in [0.2, 0.25) is 0 Å². The lowest BCUT2D eigenvalue weighted by Gasteiger charge is -2.36. The largest absolute Gasteiger partial charge is 0.492 e. The Hall–Kier alpha value is -2.20. The zero-order valence-corrected chi connectivity index (χ0v) is 13.5. The summed E-state index contributed by atoms with van der Waals surface area (Å²) in [6.07, 6.45) is 1.96. The van der Waals surface area contributed by atoms with Gasteiger partial charge in [0, 0.05) is 18.2 Å². The summed E-state index contributed by atoms with van der Waals surface area (Å²) in [5.74, 6) is 2.39. The number of ether oxygens (including phenoxy) is 3. The average Bonchev–Trinajstić information content (AvgIpc) is 3.04. The summed E-state index contributed by atoms with van der Waals surface area (Å²) in [6, 6.07) is 13.0. The van der Waals surface area contributed by atoms with Crippen LogP contribution in [0.4, 0.5) is 0 Å². The van der Waals surface area contributed by atoms with Gasteiger partial charge in [-0.05, 0) is 37.1 Å². The van der Waals surface area contributed by atoms with E-state index < -0.39 is 0 Å². The summed E-state index contributed by atoms with van der Waals surface area (Å²) in [4.78, 5) is 2.40. The fourth-order valence-electron chi connectivity index (χ4n) is 3.62. The number of likely N-dealkylation sites (N-methyl/N-ethyl adjacent to an activating group) is 1. The second-order valence-electron chi connectivity index (χ2n) is 6.15. The number of fused-ring (bicyclic) bond motifs is 2. The van der Waals surface area contributed by atoms with E-state index in [9.17, 15) is 0 Å². The fourth-order valence-corrected chi connectivity index (χ4v) is 3.62. The molecule has 0 aromatic heterocycles. The Morgan fingerprint density at radius 2 is 2.04 bits per heavy atom. The molecule has 23 heavy (non-hydrogen) atoms. The molecule has 4 nitrogen and oxygen atoms in total. The first-order chi connectivity index (χ1) is 11.3. The zero-order chi connectivity index (χ0) is 15.8. The molecule has 2 heterocycles. The van der Waals surface area contributed by atoms with E-state index in [-0.39, 0.29) is 12.8 Å². The first kappa shape index (κ1) is 14.4. The van der Waals surface area contributed by atoms with Crippen LogP contribution in [0.15, 0.2) is 36.4 Å². The van der Waals surface area contributed by atoms with Crippen LogP contribution in [0.3, 0.4) is 0 Å². The van der Waals surface area contributed by atoms with E-state index in [0.29, 0.717) is 0 Å². The molecule has 0 amide bonds. The summed E-state index contributed by atoms with van der Waals surface area (Å²) in [5, 5.41) is 0. The highest BCUT2D eigenvalue weighted by Gasteiger charge is 2.33. The zero-order valence-electron chi connectivity index (χ0n) is 13.5. The average molecular weight is 311 g/mol. The lowest BCUT2D eigenvalue weighted by Crippen LogP contribution is -2.33. The lowest BCUT2D eigenvalue weighted by molar-refractivity contribution is 0.170. The minimum Gasteiger partial charge on any atom is -0.492 e. The number of benzene rings is 2. The second kappa shape index (κ2) is 5.78. The maximum atomic E-state index is 5.74. The molecule has 2 aliphatic heterocycles. The SMILES string of the molecule is COc1c2c(cc3c1[C@H](Cc1ccccc1)N(C)CC3)OCO2. The number of methoxy groups -OCH3 is 1. The van der Waals surface area contributed by atoms with E-state index in [4.69, 9.17) is 14.2 Å². The Morgan fingerprint density at radius 1 is 1.22 bits per heavy atom. The third kappa shape index (κ3) is 2.43. The minimum atomic E-state index is 0.272. The van der Waals surface area contributed by atoms with E-state index in [1.807, 2.05) is 0 Å². The number of rotatable bonds is 3. The van der Waals surface area contributed by atoms with E-state index in [0.717, 1.165) is 36.6 Å². The van der Waals surface area contributed by atoms with Crippen molar-refractivity contribution < 1.29 is 14.2 Å². The Kier molecular flexibility index (Phi) is 3.62. The van der Waals surface area contributed by atoms with Crippen LogP contribution in [-0.2, 0) is 12.8 Å². The molecule has 0 spiro atoms. The molecule has 1 atom stereocenters. The van der Waals surface area contributed by atoms with Crippen LogP contribution in [0, 0.1) is 0 Å². The van der Waals surface area contributed by atoms with Crippen molar-refractivity contribution in [3.8, 4) is 17.2 Å². The molecule has 0 N–H and O–H groups in total. The van der Waals surface area contributed by atoms with Crippen molar-refractivity contribution in [2.75, 3.05) is 27.5 Å². The summed E-state index contributed by atoms with van der Waals surface area (Å²) >= 11 is 0. The molecule has 4 heteroatoms. The predicted molar refractivity (Wildman–Crippen MR) is 88.3 cm³/mol. The fraction of sp³-hybridized carbons (Fsp3) is 0.368. The van der Waals surface area contributed by atoms with Gasteiger partial charge in [0.1, 0.15) is 0 Å². The Balaban J connectivity index is 1.80. The highest BCUT2D eigenvalue weighted by molar-refractivity contribution is 5.62. The van der Waals surface area contributed by atoms with Gasteiger partial charge in [0.15, 0.2) is 11.5 Å². The smallest absolute Gasteiger partial charge is 0.231 e. The molecule has 4 rings (SSSR count). The van der Waals surface area contributed by atoms with Crippen LogP contribution in [-0.4, -0.2) is 32.4 Å². The van der Waals surface area contributed by atoms with Gasteiger partial charge in [-0.25, -0.2) is 0 Å². The number of hydrogen-bond donors (Lipinski definition) is 0. The topological polar surface area (TPSA) is 30.9 Å². The molecule has 0 aliphatic carbocycles. The van der Waals surface area contributed by atoms with Crippen molar-refractivity contribution in [3.05, 3.63) is 53.1 Å². The van der Waals surface area contributed by atoms with Crippen molar-refractivity contribution in [2.24, 2.45) is 0 Å². The molecule has 0 unspecified atom stereocenters. The highest BCUT2D eigenvalue weighted by Crippen LogP contribution is 2.49. The molecule has 0 fully saturated rings. The standard InChI is InChI=1S/C19H21NO3/c1-20-9-8-14-11-16-18(23-12-22-16)19(21-2)17(14)15(20)10-13-6-4-3-5-7-13/h3-7,11,15H,8-10,12H2,1-2H3/t15-/m0/s1. The first-order valence-electron chi connectivity index (χ1n) is 8.01. The molecule has 120 valence electrons. The van der Waals surface area contributed by atoms with Gasteiger partial charge >= 0.3 is 0 Å². The van der Waals surface area contributed by atoms with Crippen molar-refractivity contribution in [2.45, 2.75) is 18.9 Å². The van der Waals surface area contributed by atoms with Crippen LogP contribution < -0.4 is 14.2 Å². The van der Waals surface area contributed by atoms with E-state index in [2.05, 4.69) is 48.3 Å². The van der Waals surface area contributed by atoms with Crippen LogP contribution >= 0.6 is 0 Å². The van der Waals surface area contributed by atoms with Gasteiger partial charge in [0.2, 0.25) is 12.5 Å². The van der Waals surface area contributed by atoms with Gasteiger partial charge in [-0.1, -0.05) is 30.3 Å². The van der Waals surface area contributed by atoms with Gasteiger partial charge in [-0.2, -0.15) is 0 Å². The van der Waals surface area contributed by atoms with Crippen LogP contribution in [0.5, 0.6) is 17.2 Å². The summed E-state index contributed by atoms with van der Waals surface area (Å²) in [5.41, 5.74) is 3.89. The van der Waals surface area contributed by atoms with Gasteiger partial charge in [0.25, 0.3) is 0 Å². The van der Waals surface area contributed by atoms with Gasteiger partial charge in [-0.3, -0.25) is 4.90 Å². The maximum absolute atomic E-state index is 5.74. The Morgan fingerprint density at radius 3 is 2.83 bits per heavy atom. The molecule has 0 saturated heterocycles. The van der Waals surface area contributed by atoms with Gasteiger partial charge in [-0.15, -0.1) is 0 Å². The quantitative estimate of drug-likeness (QED) is 0.871. The van der Waals surface area contributed by atoms with Gasteiger partial charge in [0.05, 0.1) is 7.11 Å². The first-order valence-corrected chi connectivity index (χ1v) is 8.01. The lowest BCUT2D eigenvalue weighted by atomic mass is 9.87. The molecule has 2 aliphatic rings. The molecular weight excluding hydrogens is 290 g/mol. The molecule has 2 aromatic carbocycles. The summed E-state index contributed by atoms with van der Waals surface area (Å²) in [6.45, 7) is 1.31. The van der Waals surface area contributed by atoms with Crippen molar-refractivity contribution in [1.82, 2.24) is 4.90 Å². The molecule has 0 bridgehead atoms. The molecule has 2 aromatic rings. The normalized spacial score (nSPS) is 19.5. The highest BCUT2D eigenvalue weighted by atomic mass is 16.7. The molecule has 0 radical (unpaired) electrons. The number of nitrogens with zero attached hydrogens (tertiary/aromatic N) is 1. The third-order valence-corrected chi connectivity index (χ3v) is 4.82. The van der Waals surface area contributed by atoms with Gasteiger partial charge < -0.3 is 14.2 Å². The van der Waals surface area contributed by atoms with E-state index >= 15 is 0 Å². The van der Waals surface area contributed by atoms with E-state index in [1.165, 1.54) is 16.7 Å². The van der Waals surface area contributed by atoms with Crippen LogP contribution in [0.25, 0.3) is 0 Å². The molecule has 0 saturated carbocycles. The summed E-state index contributed by atoms with van der Waals surface area (Å²) < 4.78 is 17.0. The van der Waals surface area contributed by atoms with Crippen molar-refractivity contribution >= 4 is 0 Å². The Bertz CT molecular complexity index is 714. The van der Waals surface area contributed by atoms with E-state index in [1.54, 1.807) is 7.11 Å². The van der Waals surface area contributed by atoms with Crippen molar-refractivity contribution in [3.63, 3.8) is 0 Å². The minimum absolute atomic E-state index is 0.272. The van der Waals surface area contributed by atoms with Crippen LogP contribution in [0.1, 0.15) is 22.7 Å².